The maximum Gasteiger partial charge on any atom is 0.221 e. The monoisotopic (exact) mass is 207 g/mol. The maximum atomic E-state index is 10.7. The molecule has 1 aromatic rings. The highest BCUT2D eigenvalue weighted by Crippen LogP contribution is 2.18. The number of primary amides is 2. The first-order chi connectivity index (χ1) is 7.00. The number of carbonyl (C=O) groups is 2. The predicted molar refractivity (Wildman–Crippen MR) is 56.7 cm³/mol. The zero-order valence-electron chi connectivity index (χ0n) is 8.19. The summed E-state index contributed by atoms with van der Waals surface area (Å²) in [4.78, 5) is 21.5. The van der Waals surface area contributed by atoms with Crippen LogP contribution in [0.25, 0.3) is 0 Å². The number of hydrogen-bond donors (Lipinski definition) is 3. The second-order valence-electron chi connectivity index (χ2n) is 3.28. The molecule has 0 aliphatic carbocycles. The van der Waals surface area contributed by atoms with E-state index in [1.807, 2.05) is 0 Å². The highest BCUT2D eigenvalue weighted by atomic mass is 16.1. The van der Waals surface area contributed by atoms with E-state index in [0.717, 1.165) is 0 Å². The van der Waals surface area contributed by atoms with Gasteiger partial charge in [-0.2, -0.15) is 0 Å². The standard InChI is InChI=1S/C10H13N3O2/c11-8(14)4-6-2-1-3-7(10(6)13)5-9(12)15/h1-3H,4-5,13H2,(H2,11,14)(H2,12,15). The lowest BCUT2D eigenvalue weighted by atomic mass is 10.0. The van der Waals surface area contributed by atoms with Crippen LogP contribution in [0.5, 0.6) is 0 Å². The molecule has 6 N–H and O–H groups in total. The van der Waals surface area contributed by atoms with Crippen LogP contribution in [0, 0.1) is 0 Å². The van der Waals surface area contributed by atoms with E-state index in [2.05, 4.69) is 0 Å². The quantitative estimate of drug-likeness (QED) is 0.569. The number of nitrogen functional groups attached to an aromatic ring is 1. The minimum Gasteiger partial charge on any atom is -0.398 e. The Hall–Kier alpha value is -2.04. The number of para-hydroxylation sites is 1. The topological polar surface area (TPSA) is 112 Å². The molecule has 15 heavy (non-hydrogen) atoms. The first kappa shape index (κ1) is 11.0. The van der Waals surface area contributed by atoms with Gasteiger partial charge in [0.1, 0.15) is 0 Å². The number of benzene rings is 1. The van der Waals surface area contributed by atoms with Crippen LogP contribution in [-0.2, 0) is 22.4 Å². The van der Waals surface area contributed by atoms with Crippen molar-refractivity contribution in [3.63, 3.8) is 0 Å². The molecule has 0 saturated carbocycles. The lowest BCUT2D eigenvalue weighted by Crippen LogP contribution is -2.17. The molecule has 0 atom stereocenters. The zero-order valence-corrected chi connectivity index (χ0v) is 8.19. The van der Waals surface area contributed by atoms with E-state index >= 15 is 0 Å². The molecule has 0 saturated heterocycles. The van der Waals surface area contributed by atoms with E-state index in [0.29, 0.717) is 16.8 Å². The molecule has 80 valence electrons. The van der Waals surface area contributed by atoms with Gasteiger partial charge in [-0.25, -0.2) is 0 Å². The van der Waals surface area contributed by atoms with Gasteiger partial charge in [0, 0.05) is 5.69 Å². The van der Waals surface area contributed by atoms with Gasteiger partial charge in [0.05, 0.1) is 12.8 Å². The molecule has 0 aliphatic heterocycles. The minimum atomic E-state index is -0.460. The largest absolute Gasteiger partial charge is 0.398 e. The zero-order chi connectivity index (χ0) is 11.4. The fraction of sp³-hybridized carbons (Fsp3) is 0.200. The van der Waals surface area contributed by atoms with Gasteiger partial charge in [-0.05, 0) is 11.1 Å². The molecule has 0 fully saturated rings. The summed E-state index contributed by atoms with van der Waals surface area (Å²) in [7, 11) is 0. The molecule has 0 spiro atoms. The lowest BCUT2D eigenvalue weighted by Gasteiger charge is -2.08. The van der Waals surface area contributed by atoms with Crippen LogP contribution in [-0.4, -0.2) is 11.8 Å². The fourth-order valence-corrected chi connectivity index (χ4v) is 1.35. The van der Waals surface area contributed by atoms with Gasteiger partial charge >= 0.3 is 0 Å². The minimum absolute atomic E-state index is 0.0679. The second kappa shape index (κ2) is 4.45. The third-order valence-corrected chi connectivity index (χ3v) is 2.02. The highest BCUT2D eigenvalue weighted by molar-refractivity contribution is 5.81. The van der Waals surface area contributed by atoms with Crippen molar-refractivity contribution in [1.29, 1.82) is 0 Å². The van der Waals surface area contributed by atoms with E-state index in [4.69, 9.17) is 17.2 Å². The lowest BCUT2D eigenvalue weighted by molar-refractivity contribution is -0.118. The van der Waals surface area contributed by atoms with Gasteiger partial charge in [0.15, 0.2) is 0 Å². The molecule has 0 aromatic heterocycles. The van der Waals surface area contributed by atoms with Gasteiger partial charge < -0.3 is 17.2 Å². The summed E-state index contributed by atoms with van der Waals surface area (Å²) in [5.41, 5.74) is 17.5. The van der Waals surface area contributed by atoms with Crippen molar-refractivity contribution in [3.05, 3.63) is 29.3 Å². The van der Waals surface area contributed by atoms with Crippen LogP contribution in [0.1, 0.15) is 11.1 Å². The molecule has 0 radical (unpaired) electrons. The van der Waals surface area contributed by atoms with Crippen molar-refractivity contribution in [2.24, 2.45) is 11.5 Å². The molecule has 0 unspecified atom stereocenters. The van der Waals surface area contributed by atoms with Gasteiger partial charge in [0.2, 0.25) is 11.8 Å². The Labute approximate surface area is 87.2 Å². The summed E-state index contributed by atoms with van der Waals surface area (Å²) < 4.78 is 0. The van der Waals surface area contributed by atoms with Crippen LogP contribution in [0.3, 0.4) is 0 Å². The number of hydrogen-bond acceptors (Lipinski definition) is 3. The highest BCUT2D eigenvalue weighted by Gasteiger charge is 2.08. The molecule has 0 aliphatic rings. The Bertz CT molecular complexity index is 367. The molecule has 5 nitrogen and oxygen atoms in total. The Kier molecular flexibility index (Phi) is 3.28. The fourth-order valence-electron chi connectivity index (χ4n) is 1.35. The van der Waals surface area contributed by atoms with Gasteiger partial charge in [-0.1, -0.05) is 18.2 Å². The summed E-state index contributed by atoms with van der Waals surface area (Å²) in [6.45, 7) is 0. The average molecular weight is 207 g/mol. The predicted octanol–water partition coefficient (Wildman–Crippen LogP) is -0.676. The van der Waals surface area contributed by atoms with Gasteiger partial charge in [0.25, 0.3) is 0 Å². The average Bonchev–Trinajstić information content (AvgIpc) is 2.10. The number of carbonyl (C=O) groups excluding carboxylic acids is 2. The van der Waals surface area contributed by atoms with E-state index in [9.17, 15) is 9.59 Å². The summed E-state index contributed by atoms with van der Waals surface area (Å²) in [5.74, 6) is -0.921. The van der Waals surface area contributed by atoms with Crippen molar-refractivity contribution < 1.29 is 9.59 Å². The molecule has 2 amide bonds. The Morgan fingerprint density at radius 3 is 1.73 bits per heavy atom. The Balaban J connectivity index is 2.99. The summed E-state index contributed by atoms with van der Waals surface area (Å²) in [5, 5.41) is 0. The van der Waals surface area contributed by atoms with E-state index < -0.39 is 11.8 Å². The van der Waals surface area contributed by atoms with Crippen LogP contribution < -0.4 is 17.2 Å². The van der Waals surface area contributed by atoms with Gasteiger partial charge in [-0.3, -0.25) is 9.59 Å². The third-order valence-electron chi connectivity index (χ3n) is 2.02. The molecule has 1 rings (SSSR count). The normalized spacial score (nSPS) is 9.87. The molecule has 5 heteroatoms. The number of anilines is 1. The summed E-state index contributed by atoms with van der Waals surface area (Å²) >= 11 is 0. The maximum absolute atomic E-state index is 10.7. The molecule has 0 heterocycles. The van der Waals surface area contributed by atoms with E-state index in [1.165, 1.54) is 0 Å². The first-order valence-electron chi connectivity index (χ1n) is 4.43. The number of nitrogens with two attached hydrogens (primary N) is 3. The van der Waals surface area contributed by atoms with Crippen LogP contribution in [0.15, 0.2) is 18.2 Å². The SMILES string of the molecule is NC(=O)Cc1cccc(CC(N)=O)c1N. The smallest absolute Gasteiger partial charge is 0.221 e. The second-order valence-corrected chi connectivity index (χ2v) is 3.28. The van der Waals surface area contributed by atoms with Crippen LogP contribution in [0.4, 0.5) is 5.69 Å². The van der Waals surface area contributed by atoms with Crippen molar-refractivity contribution in [1.82, 2.24) is 0 Å². The molecular formula is C10H13N3O2. The van der Waals surface area contributed by atoms with Crippen LogP contribution in [0.2, 0.25) is 0 Å². The number of amides is 2. The van der Waals surface area contributed by atoms with Crippen molar-refractivity contribution in [3.8, 4) is 0 Å². The van der Waals surface area contributed by atoms with Crippen molar-refractivity contribution in [2.75, 3.05) is 5.73 Å². The first-order valence-corrected chi connectivity index (χ1v) is 4.43. The third kappa shape index (κ3) is 2.98. The van der Waals surface area contributed by atoms with Gasteiger partial charge in [-0.15, -0.1) is 0 Å². The molecule has 0 bridgehead atoms. The Morgan fingerprint density at radius 1 is 1.00 bits per heavy atom. The van der Waals surface area contributed by atoms with Crippen molar-refractivity contribution in [2.45, 2.75) is 12.8 Å². The summed E-state index contributed by atoms with van der Waals surface area (Å²) in [6, 6.07) is 5.11. The van der Waals surface area contributed by atoms with E-state index in [1.54, 1.807) is 18.2 Å². The molecular weight excluding hydrogens is 194 g/mol. The van der Waals surface area contributed by atoms with E-state index in [-0.39, 0.29) is 12.8 Å². The molecule has 1 aromatic carbocycles. The summed E-state index contributed by atoms with van der Waals surface area (Å²) in [6.07, 6.45) is 0.136. The van der Waals surface area contributed by atoms with Crippen molar-refractivity contribution >= 4 is 17.5 Å². The number of rotatable bonds is 4. The Morgan fingerprint density at radius 2 is 1.40 bits per heavy atom. The van der Waals surface area contributed by atoms with Crippen LogP contribution >= 0.6 is 0 Å².